The number of aromatic nitrogens is 3. The number of nitrogens with zero attached hydrogens (tertiary/aromatic N) is 4. The standard InChI is InChI=1S/C16H22N4O2S/c1-11-9-12(2)14(4)16(13(11)3)23(21,22)19-7-5-15(10-19)20-8-6-17-18-20/h6,8-9,15H,5,7,10H2,1-4H3. The summed E-state index contributed by atoms with van der Waals surface area (Å²) in [7, 11) is -3.50. The molecule has 1 aromatic heterocycles. The van der Waals surface area contributed by atoms with E-state index in [0.29, 0.717) is 18.0 Å². The number of rotatable bonds is 3. The zero-order valence-electron chi connectivity index (χ0n) is 13.9. The fourth-order valence-corrected chi connectivity index (χ4v) is 5.32. The molecule has 1 fully saturated rings. The zero-order valence-corrected chi connectivity index (χ0v) is 14.8. The second-order valence-corrected chi connectivity index (χ2v) is 8.15. The highest BCUT2D eigenvalue weighted by atomic mass is 32.2. The van der Waals surface area contributed by atoms with Crippen molar-refractivity contribution in [2.24, 2.45) is 0 Å². The van der Waals surface area contributed by atoms with Gasteiger partial charge in [-0.15, -0.1) is 5.10 Å². The maximum absolute atomic E-state index is 13.2. The van der Waals surface area contributed by atoms with E-state index in [-0.39, 0.29) is 6.04 Å². The molecule has 2 heterocycles. The van der Waals surface area contributed by atoms with Gasteiger partial charge in [-0.3, -0.25) is 0 Å². The van der Waals surface area contributed by atoms with Gasteiger partial charge in [0.2, 0.25) is 10.0 Å². The van der Waals surface area contributed by atoms with Gasteiger partial charge >= 0.3 is 0 Å². The summed E-state index contributed by atoms with van der Waals surface area (Å²) in [5.74, 6) is 0. The predicted molar refractivity (Wildman–Crippen MR) is 87.8 cm³/mol. The highest BCUT2D eigenvalue weighted by molar-refractivity contribution is 7.89. The monoisotopic (exact) mass is 334 g/mol. The minimum absolute atomic E-state index is 0.0544. The van der Waals surface area contributed by atoms with Gasteiger partial charge in [0.15, 0.2) is 0 Å². The third kappa shape index (κ3) is 2.68. The largest absolute Gasteiger partial charge is 0.248 e. The van der Waals surface area contributed by atoms with Crippen molar-refractivity contribution >= 4 is 10.0 Å². The number of sulfonamides is 1. The first-order chi connectivity index (χ1) is 10.8. The lowest BCUT2D eigenvalue weighted by molar-refractivity contribution is 0.428. The van der Waals surface area contributed by atoms with Crippen molar-refractivity contribution in [2.75, 3.05) is 13.1 Å². The molecule has 1 atom stereocenters. The van der Waals surface area contributed by atoms with E-state index in [1.807, 2.05) is 33.8 Å². The molecule has 124 valence electrons. The van der Waals surface area contributed by atoms with Crippen LogP contribution in [0.1, 0.15) is 34.7 Å². The van der Waals surface area contributed by atoms with Gasteiger partial charge in [0.1, 0.15) is 0 Å². The maximum atomic E-state index is 13.2. The van der Waals surface area contributed by atoms with Gasteiger partial charge in [-0.25, -0.2) is 13.1 Å². The van der Waals surface area contributed by atoms with Crippen LogP contribution in [-0.4, -0.2) is 40.8 Å². The van der Waals surface area contributed by atoms with E-state index in [4.69, 9.17) is 0 Å². The van der Waals surface area contributed by atoms with Crippen molar-refractivity contribution in [3.05, 3.63) is 40.7 Å². The smallest absolute Gasteiger partial charge is 0.243 e. The molecule has 1 saturated heterocycles. The normalized spacial score (nSPS) is 19.4. The lowest BCUT2D eigenvalue weighted by Gasteiger charge is -2.21. The van der Waals surface area contributed by atoms with Crippen LogP contribution in [0.5, 0.6) is 0 Å². The summed E-state index contributed by atoms with van der Waals surface area (Å²) in [6.45, 7) is 8.65. The summed E-state index contributed by atoms with van der Waals surface area (Å²) in [6, 6.07) is 2.10. The topological polar surface area (TPSA) is 68.1 Å². The first-order valence-electron chi connectivity index (χ1n) is 7.75. The van der Waals surface area contributed by atoms with Crippen molar-refractivity contribution in [3.8, 4) is 0 Å². The van der Waals surface area contributed by atoms with Crippen LogP contribution in [0.2, 0.25) is 0 Å². The maximum Gasteiger partial charge on any atom is 0.243 e. The Balaban J connectivity index is 1.98. The Hall–Kier alpha value is -1.73. The van der Waals surface area contributed by atoms with E-state index in [0.717, 1.165) is 28.7 Å². The van der Waals surface area contributed by atoms with Gasteiger partial charge in [0.25, 0.3) is 0 Å². The van der Waals surface area contributed by atoms with E-state index in [1.165, 1.54) is 0 Å². The van der Waals surface area contributed by atoms with Crippen molar-refractivity contribution in [2.45, 2.75) is 45.1 Å². The Morgan fingerprint density at radius 3 is 2.35 bits per heavy atom. The molecule has 1 aliphatic rings. The summed E-state index contributed by atoms with van der Waals surface area (Å²) < 4.78 is 29.7. The summed E-state index contributed by atoms with van der Waals surface area (Å²) >= 11 is 0. The van der Waals surface area contributed by atoms with Crippen molar-refractivity contribution in [3.63, 3.8) is 0 Å². The lowest BCUT2D eigenvalue weighted by Crippen LogP contribution is -2.30. The molecule has 1 aliphatic heterocycles. The molecule has 0 aliphatic carbocycles. The molecule has 6 nitrogen and oxygen atoms in total. The molecular weight excluding hydrogens is 312 g/mol. The van der Waals surface area contributed by atoms with Crippen LogP contribution in [0.15, 0.2) is 23.4 Å². The fourth-order valence-electron chi connectivity index (χ4n) is 3.25. The second kappa shape index (κ2) is 5.72. The van der Waals surface area contributed by atoms with Crippen LogP contribution in [-0.2, 0) is 10.0 Å². The lowest BCUT2D eigenvalue weighted by atomic mass is 10.0. The Morgan fingerprint density at radius 2 is 1.78 bits per heavy atom. The fraction of sp³-hybridized carbons (Fsp3) is 0.500. The minimum atomic E-state index is -3.50. The van der Waals surface area contributed by atoms with Gasteiger partial charge < -0.3 is 0 Å². The zero-order chi connectivity index (χ0) is 16.8. The first-order valence-corrected chi connectivity index (χ1v) is 9.19. The SMILES string of the molecule is Cc1cc(C)c(C)c(S(=O)(=O)N2CCC(n3ccnn3)C2)c1C. The number of hydrogen-bond acceptors (Lipinski definition) is 4. The van der Waals surface area contributed by atoms with E-state index < -0.39 is 10.0 Å². The third-order valence-corrected chi connectivity index (χ3v) is 6.98. The quantitative estimate of drug-likeness (QED) is 0.862. The molecule has 7 heteroatoms. The number of hydrogen-bond donors (Lipinski definition) is 0. The molecule has 0 radical (unpaired) electrons. The van der Waals surface area contributed by atoms with Crippen LogP contribution in [0.4, 0.5) is 0 Å². The Kier molecular flexibility index (Phi) is 4.01. The molecule has 0 spiro atoms. The molecule has 0 saturated carbocycles. The molecule has 2 aromatic rings. The van der Waals surface area contributed by atoms with Crippen molar-refractivity contribution in [1.82, 2.24) is 19.3 Å². The van der Waals surface area contributed by atoms with Crippen LogP contribution >= 0.6 is 0 Å². The second-order valence-electron chi connectivity index (χ2n) is 6.28. The molecular formula is C16H22N4O2S. The Morgan fingerprint density at radius 1 is 1.13 bits per heavy atom. The van der Waals surface area contributed by atoms with Gasteiger partial charge in [0, 0.05) is 19.3 Å². The van der Waals surface area contributed by atoms with Crippen molar-refractivity contribution < 1.29 is 8.42 Å². The van der Waals surface area contributed by atoms with Crippen LogP contribution in [0.3, 0.4) is 0 Å². The van der Waals surface area contributed by atoms with Gasteiger partial charge in [-0.05, 0) is 56.4 Å². The van der Waals surface area contributed by atoms with E-state index in [1.54, 1.807) is 21.4 Å². The summed E-state index contributed by atoms with van der Waals surface area (Å²) in [6.07, 6.45) is 4.16. The van der Waals surface area contributed by atoms with Crippen molar-refractivity contribution in [1.29, 1.82) is 0 Å². The molecule has 1 aromatic carbocycles. The average Bonchev–Trinajstić information content (AvgIpc) is 3.16. The molecule has 23 heavy (non-hydrogen) atoms. The molecule has 0 N–H and O–H groups in total. The molecule has 3 rings (SSSR count). The van der Waals surface area contributed by atoms with Crippen LogP contribution in [0, 0.1) is 27.7 Å². The van der Waals surface area contributed by atoms with Gasteiger partial charge in [-0.1, -0.05) is 11.3 Å². The molecule has 0 bridgehead atoms. The van der Waals surface area contributed by atoms with Gasteiger partial charge in [0.05, 0.1) is 17.1 Å². The summed E-state index contributed by atoms with van der Waals surface area (Å²) in [4.78, 5) is 0.467. The molecule has 1 unspecified atom stereocenters. The van der Waals surface area contributed by atoms with Crippen LogP contribution < -0.4 is 0 Å². The highest BCUT2D eigenvalue weighted by Crippen LogP contribution is 2.32. The summed E-state index contributed by atoms with van der Waals surface area (Å²) in [5.41, 5.74) is 3.71. The summed E-state index contributed by atoms with van der Waals surface area (Å²) in [5, 5.41) is 7.80. The molecule has 0 amide bonds. The highest BCUT2D eigenvalue weighted by Gasteiger charge is 2.35. The Bertz CT molecular complexity index is 802. The minimum Gasteiger partial charge on any atom is -0.248 e. The van der Waals surface area contributed by atoms with E-state index in [9.17, 15) is 8.42 Å². The first kappa shape index (κ1) is 16.1. The third-order valence-electron chi connectivity index (χ3n) is 4.84. The van der Waals surface area contributed by atoms with E-state index >= 15 is 0 Å². The average molecular weight is 334 g/mol. The Labute approximate surface area is 137 Å². The van der Waals surface area contributed by atoms with Gasteiger partial charge in [-0.2, -0.15) is 4.31 Å². The predicted octanol–water partition coefficient (Wildman–Crippen LogP) is 2.15. The number of benzene rings is 1. The number of aryl methyl sites for hydroxylation is 2. The van der Waals surface area contributed by atoms with E-state index in [2.05, 4.69) is 10.3 Å². The van der Waals surface area contributed by atoms with Crippen LogP contribution in [0.25, 0.3) is 0 Å².